The van der Waals surface area contributed by atoms with Gasteiger partial charge in [-0.1, -0.05) is 0 Å². The first-order valence-corrected chi connectivity index (χ1v) is 11.5. The van der Waals surface area contributed by atoms with Crippen LogP contribution in [0, 0.1) is 0 Å². The van der Waals surface area contributed by atoms with Gasteiger partial charge in [0.25, 0.3) is 0 Å². The van der Waals surface area contributed by atoms with Crippen LogP contribution in [0.25, 0.3) is 11.3 Å². The van der Waals surface area contributed by atoms with Crippen molar-refractivity contribution in [2.75, 3.05) is 18.4 Å². The zero-order valence-electron chi connectivity index (χ0n) is 18.9. The van der Waals surface area contributed by atoms with E-state index in [9.17, 15) is 4.79 Å². The molecular weight excluding hydrogens is 488 g/mol. The molecule has 5 rings (SSSR count). The maximum atomic E-state index is 12.3. The Morgan fingerprint density at radius 2 is 2.06 bits per heavy atom. The van der Waals surface area contributed by atoms with Crippen molar-refractivity contribution in [1.29, 1.82) is 0 Å². The van der Waals surface area contributed by atoms with E-state index in [-0.39, 0.29) is 12.0 Å². The number of fused-ring (bicyclic) bond motifs is 2. The van der Waals surface area contributed by atoms with Crippen LogP contribution in [0.5, 0.6) is 5.75 Å². The molecule has 0 saturated carbocycles. The van der Waals surface area contributed by atoms with Crippen molar-refractivity contribution in [2.45, 2.75) is 38.9 Å². The molecule has 10 heteroatoms. The van der Waals surface area contributed by atoms with Crippen LogP contribution in [-0.4, -0.2) is 49.4 Å². The Morgan fingerprint density at radius 3 is 2.76 bits per heavy atom. The lowest BCUT2D eigenvalue weighted by Crippen LogP contribution is -2.50. The number of rotatable bonds is 2. The van der Waals surface area contributed by atoms with Crippen molar-refractivity contribution in [2.24, 2.45) is 7.05 Å². The molecule has 33 heavy (non-hydrogen) atoms. The van der Waals surface area contributed by atoms with Crippen molar-refractivity contribution in [3.05, 3.63) is 46.5 Å². The number of nitrogens with zero attached hydrogens (tertiary/aromatic N) is 5. The van der Waals surface area contributed by atoms with Gasteiger partial charge in [-0.2, -0.15) is 5.10 Å². The molecule has 1 N–H and O–H groups in total. The van der Waals surface area contributed by atoms with Gasteiger partial charge in [0.2, 0.25) is 0 Å². The van der Waals surface area contributed by atoms with E-state index in [2.05, 4.69) is 48.4 Å². The molecule has 1 aromatic carbocycles. The second-order valence-corrected chi connectivity index (χ2v) is 10.2. The number of carbonyl (C=O) groups excluding carboxylic acids is 1. The predicted molar refractivity (Wildman–Crippen MR) is 127 cm³/mol. The van der Waals surface area contributed by atoms with Crippen LogP contribution in [-0.2, 0) is 18.4 Å². The highest BCUT2D eigenvalue weighted by Gasteiger charge is 2.35. The number of nitrogens with one attached hydrogen (secondary N) is 1. The smallest absolute Gasteiger partial charge is 0.410 e. The number of hydrogen-bond acceptors (Lipinski definition) is 7. The van der Waals surface area contributed by atoms with E-state index in [0.717, 1.165) is 38.3 Å². The minimum Gasteiger partial charge on any atom is -0.485 e. The van der Waals surface area contributed by atoms with E-state index in [4.69, 9.17) is 9.47 Å². The minimum atomic E-state index is -0.500. The lowest BCUT2D eigenvalue weighted by Gasteiger charge is -2.40. The first-order chi connectivity index (χ1) is 15.7. The lowest BCUT2D eigenvalue weighted by atomic mass is 9.91. The van der Waals surface area contributed by atoms with Gasteiger partial charge >= 0.3 is 6.09 Å². The molecule has 1 amide bonds. The van der Waals surface area contributed by atoms with Gasteiger partial charge in [0.05, 0.1) is 27.6 Å². The van der Waals surface area contributed by atoms with Crippen LogP contribution in [0.15, 0.2) is 35.3 Å². The quantitative estimate of drug-likeness (QED) is 0.535. The van der Waals surface area contributed by atoms with Gasteiger partial charge in [-0.15, -0.1) is 0 Å². The molecule has 1 fully saturated rings. The van der Waals surface area contributed by atoms with Crippen LogP contribution < -0.4 is 10.1 Å². The highest BCUT2D eigenvalue weighted by atomic mass is 79.9. The number of halogens is 1. The second-order valence-electron chi connectivity index (χ2n) is 9.33. The number of ether oxygens (including phenoxy) is 2. The van der Waals surface area contributed by atoms with Crippen molar-refractivity contribution in [3.63, 3.8) is 0 Å². The maximum Gasteiger partial charge on any atom is 0.410 e. The van der Waals surface area contributed by atoms with Gasteiger partial charge in [0, 0.05) is 37.8 Å². The molecule has 0 spiro atoms. The summed E-state index contributed by atoms with van der Waals surface area (Å²) in [7, 11) is 1.87. The van der Waals surface area contributed by atoms with Gasteiger partial charge in [0.15, 0.2) is 5.75 Å². The lowest BCUT2D eigenvalue weighted by molar-refractivity contribution is 0.00819. The Morgan fingerprint density at radius 1 is 1.27 bits per heavy atom. The Labute approximate surface area is 200 Å². The topological polar surface area (TPSA) is 94.4 Å². The molecule has 0 bridgehead atoms. The Bertz CT molecular complexity index is 1230. The third kappa shape index (κ3) is 4.27. The highest BCUT2D eigenvalue weighted by molar-refractivity contribution is 9.10. The van der Waals surface area contributed by atoms with E-state index < -0.39 is 5.60 Å². The van der Waals surface area contributed by atoms with Crippen LogP contribution in [0.2, 0.25) is 0 Å². The zero-order chi connectivity index (χ0) is 23.3. The van der Waals surface area contributed by atoms with E-state index in [0.29, 0.717) is 25.5 Å². The molecule has 0 unspecified atom stereocenters. The molecule has 2 aliphatic rings. The molecule has 2 aliphatic heterocycles. The molecule has 0 aliphatic carbocycles. The number of hydrogen-bond donors (Lipinski definition) is 1. The summed E-state index contributed by atoms with van der Waals surface area (Å²) in [5, 5.41) is 7.69. The van der Waals surface area contributed by atoms with Crippen molar-refractivity contribution in [3.8, 4) is 17.0 Å². The fourth-order valence-corrected chi connectivity index (χ4v) is 4.57. The van der Waals surface area contributed by atoms with Crippen molar-refractivity contribution >= 4 is 33.5 Å². The van der Waals surface area contributed by atoms with Crippen LogP contribution >= 0.6 is 15.9 Å². The number of likely N-dealkylation sites (tertiary alicyclic amines) is 1. The minimum absolute atomic E-state index is 0.222. The van der Waals surface area contributed by atoms with Crippen LogP contribution in [0.3, 0.4) is 0 Å². The SMILES string of the molecule is Cn1cc(-c2ncnc3c2COc2c(Br)cc(C4CN(C(=O)OC(C)(C)C)C4)cc2N3)cn1. The molecule has 0 radical (unpaired) electrons. The summed E-state index contributed by atoms with van der Waals surface area (Å²) in [5.41, 5.74) is 4.00. The summed E-state index contributed by atoms with van der Waals surface area (Å²) in [5.74, 6) is 1.65. The number of carbonyl (C=O) groups is 1. The normalized spacial score (nSPS) is 15.5. The summed E-state index contributed by atoms with van der Waals surface area (Å²) < 4.78 is 14.2. The van der Waals surface area contributed by atoms with Crippen molar-refractivity contribution in [1.82, 2.24) is 24.6 Å². The molecule has 2 aromatic heterocycles. The summed E-state index contributed by atoms with van der Waals surface area (Å²) in [6.07, 6.45) is 4.97. The average Bonchev–Trinajstić information content (AvgIpc) is 3.01. The van der Waals surface area contributed by atoms with Gasteiger partial charge in [-0.25, -0.2) is 14.8 Å². The number of amides is 1. The number of aryl methyl sites for hydroxylation is 1. The molecule has 172 valence electrons. The summed E-state index contributed by atoms with van der Waals surface area (Å²) >= 11 is 3.66. The molecule has 9 nitrogen and oxygen atoms in total. The maximum absolute atomic E-state index is 12.3. The van der Waals surface area contributed by atoms with Gasteiger partial charge < -0.3 is 19.7 Å². The number of aromatic nitrogens is 4. The van der Waals surface area contributed by atoms with Gasteiger partial charge in [-0.3, -0.25) is 4.68 Å². The Balaban J connectivity index is 1.39. The van der Waals surface area contributed by atoms with Crippen LogP contribution in [0.4, 0.5) is 16.3 Å². The highest BCUT2D eigenvalue weighted by Crippen LogP contribution is 2.43. The van der Waals surface area contributed by atoms with Gasteiger partial charge in [0.1, 0.15) is 24.4 Å². The fraction of sp³-hybridized carbons (Fsp3) is 0.391. The number of anilines is 2. The van der Waals surface area contributed by atoms with E-state index in [1.807, 2.05) is 34.0 Å². The molecular formula is C23H25BrN6O3. The van der Waals surface area contributed by atoms with E-state index in [1.165, 1.54) is 0 Å². The van der Waals surface area contributed by atoms with E-state index >= 15 is 0 Å². The summed E-state index contributed by atoms with van der Waals surface area (Å²) in [4.78, 5) is 23.0. The predicted octanol–water partition coefficient (Wildman–Crippen LogP) is 4.61. The Hall–Kier alpha value is -3.14. The zero-order valence-corrected chi connectivity index (χ0v) is 20.5. The standard InChI is InChI=1S/C23H25BrN6O3/c1-23(2,3)33-22(31)30-9-15(10-30)13-5-17(24)20-18(6-13)28-21-16(11-32-20)19(25-12-26-21)14-7-27-29(4)8-14/h5-8,12,15H,9-11H2,1-4H3,(H,25,26,28). The Kier molecular flexibility index (Phi) is 5.27. The number of benzene rings is 1. The van der Waals surface area contributed by atoms with Crippen LogP contribution in [0.1, 0.15) is 37.8 Å². The monoisotopic (exact) mass is 512 g/mol. The summed E-state index contributed by atoms with van der Waals surface area (Å²) in [6, 6.07) is 4.12. The second kappa shape index (κ2) is 8.02. The van der Waals surface area contributed by atoms with Gasteiger partial charge in [-0.05, 0) is 54.4 Å². The summed E-state index contributed by atoms with van der Waals surface area (Å²) in [6.45, 7) is 7.18. The molecule has 0 atom stereocenters. The average molecular weight is 513 g/mol. The molecule has 4 heterocycles. The third-order valence-corrected chi connectivity index (χ3v) is 6.20. The van der Waals surface area contributed by atoms with Crippen molar-refractivity contribution < 1.29 is 14.3 Å². The molecule has 3 aromatic rings. The third-order valence-electron chi connectivity index (χ3n) is 5.61. The first kappa shape index (κ1) is 21.7. The first-order valence-electron chi connectivity index (χ1n) is 10.7. The fourth-order valence-electron chi connectivity index (χ4n) is 3.98. The largest absolute Gasteiger partial charge is 0.485 e. The van der Waals surface area contributed by atoms with E-state index in [1.54, 1.807) is 22.1 Å². The molecule has 1 saturated heterocycles.